The summed E-state index contributed by atoms with van der Waals surface area (Å²) in [6.45, 7) is 9.88. The van der Waals surface area contributed by atoms with Crippen LogP contribution in [0.3, 0.4) is 0 Å². The Morgan fingerprint density at radius 2 is 2.00 bits per heavy atom. The second kappa shape index (κ2) is 6.81. The number of hydrogen-bond acceptors (Lipinski definition) is 2. The van der Waals surface area contributed by atoms with Crippen LogP contribution in [-0.4, -0.2) is 5.97 Å². The van der Waals surface area contributed by atoms with Gasteiger partial charge in [0.05, 0.1) is 11.8 Å². The van der Waals surface area contributed by atoms with E-state index >= 15 is 0 Å². The van der Waals surface area contributed by atoms with Gasteiger partial charge in [-0.05, 0) is 0 Å². The predicted molar refractivity (Wildman–Crippen MR) is 36.7 cm³/mol. The van der Waals surface area contributed by atoms with Crippen LogP contribution in [0.15, 0.2) is 37.6 Å². The first-order valence-corrected chi connectivity index (χ1v) is 2.35. The van der Waals surface area contributed by atoms with E-state index in [0.717, 1.165) is 6.26 Å². The molecule has 0 spiro atoms. The summed E-state index contributed by atoms with van der Waals surface area (Å²) in [5.74, 6) is -0.514. The van der Waals surface area contributed by atoms with E-state index in [2.05, 4.69) is 24.5 Å². The molecule has 0 heterocycles. The third kappa shape index (κ3) is 4.56. The maximum Gasteiger partial charge on any atom is 1.00 e. The Morgan fingerprint density at radius 3 is 2.30 bits per heavy atom. The number of rotatable bonds is 3. The molecule has 0 aromatic carbocycles. The van der Waals surface area contributed by atoms with Crippen LogP contribution in [0.25, 0.3) is 0 Å². The van der Waals surface area contributed by atoms with Crippen molar-refractivity contribution in [1.29, 1.82) is 0 Å². The van der Waals surface area contributed by atoms with E-state index in [0.29, 0.717) is 0 Å². The number of carbonyl (C=O) groups excluding carboxylic acids is 1. The van der Waals surface area contributed by atoms with Crippen molar-refractivity contribution in [3.05, 3.63) is 37.6 Å². The molecule has 0 amide bonds. The second-order valence-electron chi connectivity index (χ2n) is 1.30. The molecule has 0 saturated carbocycles. The Hall–Kier alpha value is -0.310. The zero-order valence-corrected chi connectivity index (χ0v) is 8.09. The number of ether oxygens (including phenoxy) is 1. The van der Waals surface area contributed by atoms with E-state index in [1.165, 1.54) is 6.08 Å². The Labute approximate surface area is 84.0 Å². The van der Waals surface area contributed by atoms with Crippen LogP contribution in [0, 0.1) is 0 Å². The zero-order chi connectivity index (χ0) is 7.28. The van der Waals surface area contributed by atoms with Gasteiger partial charge in [-0.2, -0.15) is 0 Å². The third-order valence-electron chi connectivity index (χ3n) is 0.699. The molecule has 50 valence electrons. The van der Waals surface area contributed by atoms with Crippen LogP contribution < -0.4 is 29.6 Å². The van der Waals surface area contributed by atoms with Crippen molar-refractivity contribution in [3.8, 4) is 0 Å². The van der Waals surface area contributed by atoms with Crippen molar-refractivity contribution in [3.63, 3.8) is 0 Å². The van der Waals surface area contributed by atoms with E-state index in [-0.39, 0.29) is 36.6 Å². The fourth-order valence-electron chi connectivity index (χ4n) is 0.235. The smallest absolute Gasteiger partial charge is 1.00 e. The average molecular weight is 148 g/mol. The van der Waals surface area contributed by atoms with E-state index in [1.54, 1.807) is 0 Å². The van der Waals surface area contributed by atoms with Crippen molar-refractivity contribution in [2.75, 3.05) is 0 Å². The van der Waals surface area contributed by atoms with Gasteiger partial charge < -0.3 is 6.16 Å². The molecule has 0 aliphatic heterocycles. The van der Waals surface area contributed by atoms with E-state index in [9.17, 15) is 4.79 Å². The normalized spacial score (nSPS) is 6.80. The fraction of sp³-hybridized carbons (Fsp3) is 0. The quantitative estimate of drug-likeness (QED) is 0.161. The molecule has 0 fully saturated rings. The molecule has 0 radical (unpaired) electrons. The topological polar surface area (TPSA) is 26.3 Å². The van der Waals surface area contributed by atoms with Gasteiger partial charge in [-0.3, -0.25) is 0 Å². The summed E-state index contributed by atoms with van der Waals surface area (Å²) >= 11 is 0. The molecule has 0 unspecified atom stereocenters. The monoisotopic (exact) mass is 148 g/mol. The molecule has 0 aliphatic rings. The molecule has 0 aromatic heterocycles. The summed E-state index contributed by atoms with van der Waals surface area (Å²) in [6, 6.07) is 0. The van der Waals surface area contributed by atoms with Crippen LogP contribution in [-0.2, 0) is 9.53 Å². The Bertz CT molecular complexity index is 166. The van der Waals surface area contributed by atoms with Crippen LogP contribution in [0.2, 0.25) is 0 Å². The van der Waals surface area contributed by atoms with Gasteiger partial charge in [0.2, 0.25) is 0 Å². The van der Waals surface area contributed by atoms with Crippen molar-refractivity contribution >= 4 is 5.97 Å². The first-order chi connectivity index (χ1) is 4.22. The van der Waals surface area contributed by atoms with Crippen LogP contribution in [0.1, 0.15) is 1.43 Å². The summed E-state index contributed by atoms with van der Waals surface area (Å²) in [7, 11) is 0. The number of hydrogen-bond donors (Lipinski definition) is 0. The molecule has 0 saturated heterocycles. The van der Waals surface area contributed by atoms with Crippen molar-refractivity contribution < 1.29 is 40.5 Å². The Kier molecular flexibility index (Phi) is 8.42. The number of esters is 1. The molecule has 2 nitrogen and oxygen atoms in total. The minimum Gasteiger partial charge on any atom is -1.00 e. The van der Waals surface area contributed by atoms with Crippen molar-refractivity contribution in [2.24, 2.45) is 0 Å². The van der Waals surface area contributed by atoms with Gasteiger partial charge in [0, 0.05) is 0 Å². The van der Waals surface area contributed by atoms with Gasteiger partial charge in [-0.1, -0.05) is 25.8 Å². The van der Waals surface area contributed by atoms with E-state index < -0.39 is 5.97 Å². The van der Waals surface area contributed by atoms with Gasteiger partial charge in [0.1, 0.15) is 0 Å². The maximum absolute atomic E-state index is 10.5. The van der Waals surface area contributed by atoms with Crippen LogP contribution in [0.5, 0.6) is 0 Å². The Balaban J connectivity index is -0.000000320. The second-order valence-corrected chi connectivity index (χ2v) is 1.30. The van der Waals surface area contributed by atoms with Crippen molar-refractivity contribution in [2.45, 2.75) is 0 Å². The maximum atomic E-state index is 10.5. The van der Waals surface area contributed by atoms with Crippen LogP contribution >= 0.6 is 0 Å². The van der Waals surface area contributed by atoms with E-state index in [1.807, 2.05) is 0 Å². The summed E-state index contributed by atoms with van der Waals surface area (Å²) < 4.78 is 4.35. The predicted octanol–water partition coefficient (Wildman–Crippen LogP) is -1.47. The molecular weight excluding hydrogens is 139 g/mol. The van der Waals surface area contributed by atoms with Gasteiger partial charge >= 0.3 is 35.5 Å². The standard InChI is InChI=1S/C7H8O2.Na.H/c1-4-6(3)7(8)9-5-2;;/h4-5H,1-3H2;;/q;+1;-1. The van der Waals surface area contributed by atoms with E-state index in [4.69, 9.17) is 0 Å². The first kappa shape index (κ1) is 12.4. The molecule has 0 aliphatic carbocycles. The summed E-state index contributed by atoms with van der Waals surface area (Å²) in [5, 5.41) is 0. The summed E-state index contributed by atoms with van der Waals surface area (Å²) in [6.07, 6.45) is 2.38. The van der Waals surface area contributed by atoms with Gasteiger partial charge in [-0.25, -0.2) is 4.79 Å². The summed E-state index contributed by atoms with van der Waals surface area (Å²) in [5.41, 5.74) is 0.231. The van der Waals surface area contributed by atoms with Crippen molar-refractivity contribution in [1.82, 2.24) is 0 Å². The molecular formula is C7H9NaO2. The Morgan fingerprint density at radius 1 is 1.50 bits per heavy atom. The van der Waals surface area contributed by atoms with Gasteiger partial charge in [-0.15, -0.1) is 0 Å². The first-order valence-electron chi connectivity index (χ1n) is 2.35. The van der Waals surface area contributed by atoms with Gasteiger partial charge in [0.15, 0.2) is 0 Å². The summed E-state index contributed by atoms with van der Waals surface area (Å²) in [4.78, 5) is 10.5. The minimum atomic E-state index is -0.514. The van der Waals surface area contributed by atoms with Crippen LogP contribution in [0.4, 0.5) is 0 Å². The van der Waals surface area contributed by atoms with Gasteiger partial charge in [0.25, 0.3) is 0 Å². The largest absolute Gasteiger partial charge is 1.00 e. The molecule has 3 heteroatoms. The third-order valence-corrected chi connectivity index (χ3v) is 0.699. The molecule has 0 N–H and O–H groups in total. The minimum absolute atomic E-state index is 0. The fourth-order valence-corrected chi connectivity index (χ4v) is 0.235. The molecule has 10 heavy (non-hydrogen) atoms. The molecule has 0 atom stereocenters. The SMILES string of the molecule is C=COC(=O)C(=C)C=C.[H-].[Na+]. The molecule has 0 rings (SSSR count). The molecule has 0 aromatic rings. The average Bonchev–Trinajstić information content (AvgIpc) is 1.87. The molecule has 0 bridgehead atoms. The zero-order valence-electron chi connectivity index (χ0n) is 7.09. The number of carbonyl (C=O) groups is 1.